The Bertz CT molecular complexity index is 351. The smallest absolute Gasteiger partial charge is 0.329 e. The van der Waals surface area contributed by atoms with E-state index < -0.39 is 18.4 Å². The van der Waals surface area contributed by atoms with Gasteiger partial charge in [-0.15, -0.1) is 0 Å². The molecule has 0 radical (unpaired) electrons. The highest BCUT2D eigenvalue weighted by Crippen LogP contribution is 2.37. The molecule has 1 N–H and O–H groups in total. The standard InChI is InChI=1S/C11H15F4NO/c1-3-6-16-9(11(14,15)10(12)13)8-5-4-7(2)17-8/h4-5,9-10,16H,3,6H2,1-2H3. The highest BCUT2D eigenvalue weighted by atomic mass is 19.3. The summed E-state index contributed by atoms with van der Waals surface area (Å²) in [5, 5.41) is 2.40. The molecule has 0 spiro atoms. The molecule has 0 bridgehead atoms. The summed E-state index contributed by atoms with van der Waals surface area (Å²) in [7, 11) is 0. The van der Waals surface area contributed by atoms with E-state index in [2.05, 4.69) is 5.32 Å². The summed E-state index contributed by atoms with van der Waals surface area (Å²) in [5.41, 5.74) is 0. The van der Waals surface area contributed by atoms with Gasteiger partial charge in [0.2, 0.25) is 0 Å². The van der Waals surface area contributed by atoms with E-state index >= 15 is 0 Å². The molecule has 1 atom stereocenters. The van der Waals surface area contributed by atoms with Gasteiger partial charge in [-0.1, -0.05) is 6.92 Å². The van der Waals surface area contributed by atoms with Crippen LogP contribution in [-0.4, -0.2) is 18.9 Å². The van der Waals surface area contributed by atoms with Crippen molar-refractivity contribution in [3.05, 3.63) is 23.7 Å². The van der Waals surface area contributed by atoms with Gasteiger partial charge in [0.1, 0.15) is 17.6 Å². The van der Waals surface area contributed by atoms with Crippen molar-refractivity contribution in [3.8, 4) is 0 Å². The van der Waals surface area contributed by atoms with Crippen molar-refractivity contribution in [2.45, 2.75) is 38.7 Å². The number of hydrogen-bond acceptors (Lipinski definition) is 2. The van der Waals surface area contributed by atoms with Crippen LogP contribution in [0.1, 0.15) is 30.9 Å². The molecule has 0 saturated heterocycles. The van der Waals surface area contributed by atoms with Crippen molar-refractivity contribution in [2.24, 2.45) is 0 Å². The SMILES string of the molecule is CCCNC(c1ccc(C)o1)C(F)(F)C(F)F. The van der Waals surface area contributed by atoms with Gasteiger partial charge in [-0.05, 0) is 32.0 Å². The quantitative estimate of drug-likeness (QED) is 0.784. The third-order valence-corrected chi connectivity index (χ3v) is 2.32. The molecule has 98 valence electrons. The number of furan rings is 1. The second kappa shape index (κ2) is 5.53. The number of aryl methyl sites for hydroxylation is 1. The zero-order valence-corrected chi connectivity index (χ0v) is 9.64. The van der Waals surface area contributed by atoms with Gasteiger partial charge in [0, 0.05) is 0 Å². The summed E-state index contributed by atoms with van der Waals surface area (Å²) in [4.78, 5) is 0. The minimum absolute atomic E-state index is 0.166. The maximum Gasteiger partial charge on any atom is 0.329 e. The molecule has 0 fully saturated rings. The normalized spacial score (nSPS) is 14.3. The highest BCUT2D eigenvalue weighted by Gasteiger charge is 2.50. The van der Waals surface area contributed by atoms with Gasteiger partial charge in [-0.3, -0.25) is 0 Å². The Kier molecular flexibility index (Phi) is 4.56. The van der Waals surface area contributed by atoms with E-state index in [0.29, 0.717) is 12.2 Å². The fourth-order valence-electron chi connectivity index (χ4n) is 1.45. The highest BCUT2D eigenvalue weighted by molar-refractivity contribution is 5.13. The second-order valence-electron chi connectivity index (χ2n) is 3.81. The third-order valence-electron chi connectivity index (χ3n) is 2.32. The first-order valence-corrected chi connectivity index (χ1v) is 5.35. The van der Waals surface area contributed by atoms with Gasteiger partial charge < -0.3 is 9.73 Å². The van der Waals surface area contributed by atoms with Gasteiger partial charge in [-0.2, -0.15) is 8.78 Å². The molecule has 0 aliphatic carbocycles. The van der Waals surface area contributed by atoms with Crippen LogP contribution >= 0.6 is 0 Å². The van der Waals surface area contributed by atoms with Gasteiger partial charge >= 0.3 is 12.3 Å². The fraction of sp³-hybridized carbons (Fsp3) is 0.636. The Morgan fingerprint density at radius 1 is 1.35 bits per heavy atom. The van der Waals surface area contributed by atoms with Gasteiger partial charge in [-0.25, -0.2) is 8.78 Å². The predicted molar refractivity (Wildman–Crippen MR) is 55.4 cm³/mol. The van der Waals surface area contributed by atoms with Crippen LogP contribution in [0.5, 0.6) is 0 Å². The van der Waals surface area contributed by atoms with E-state index in [4.69, 9.17) is 4.42 Å². The summed E-state index contributed by atoms with van der Waals surface area (Å²) in [5.74, 6) is -3.91. The minimum atomic E-state index is -4.15. The Morgan fingerprint density at radius 2 is 2.00 bits per heavy atom. The van der Waals surface area contributed by atoms with Crippen LogP contribution in [0, 0.1) is 6.92 Å². The first-order chi connectivity index (χ1) is 7.89. The zero-order valence-electron chi connectivity index (χ0n) is 9.64. The summed E-state index contributed by atoms with van der Waals surface area (Å²) < 4.78 is 56.4. The van der Waals surface area contributed by atoms with E-state index in [-0.39, 0.29) is 12.3 Å². The molecule has 2 nitrogen and oxygen atoms in total. The Labute approximate surface area is 97.0 Å². The molecule has 0 saturated carbocycles. The van der Waals surface area contributed by atoms with Crippen molar-refractivity contribution >= 4 is 0 Å². The van der Waals surface area contributed by atoms with Crippen molar-refractivity contribution in [3.63, 3.8) is 0 Å². The van der Waals surface area contributed by atoms with Crippen LogP contribution in [-0.2, 0) is 0 Å². The van der Waals surface area contributed by atoms with Crippen LogP contribution in [0.2, 0.25) is 0 Å². The largest absolute Gasteiger partial charge is 0.464 e. The molecule has 1 aromatic rings. The Hall–Kier alpha value is -1.04. The maximum atomic E-state index is 13.4. The zero-order chi connectivity index (χ0) is 13.1. The lowest BCUT2D eigenvalue weighted by atomic mass is 10.1. The lowest BCUT2D eigenvalue weighted by Gasteiger charge is -2.25. The van der Waals surface area contributed by atoms with Crippen LogP contribution in [0.3, 0.4) is 0 Å². The topological polar surface area (TPSA) is 25.2 Å². The molecule has 0 aromatic carbocycles. The van der Waals surface area contributed by atoms with Crippen molar-refractivity contribution in [2.75, 3.05) is 6.54 Å². The molecule has 0 amide bonds. The number of alkyl halides is 4. The van der Waals surface area contributed by atoms with Crippen LogP contribution in [0.15, 0.2) is 16.5 Å². The number of nitrogens with one attached hydrogen (secondary N) is 1. The maximum absolute atomic E-state index is 13.4. The molecule has 1 aromatic heterocycles. The van der Waals surface area contributed by atoms with Crippen LogP contribution in [0.4, 0.5) is 17.6 Å². The number of hydrogen-bond donors (Lipinski definition) is 1. The number of halogens is 4. The van der Waals surface area contributed by atoms with E-state index in [1.807, 2.05) is 0 Å². The first-order valence-electron chi connectivity index (χ1n) is 5.35. The van der Waals surface area contributed by atoms with Crippen molar-refractivity contribution in [1.29, 1.82) is 0 Å². The lowest BCUT2D eigenvalue weighted by molar-refractivity contribution is -0.154. The van der Waals surface area contributed by atoms with Gasteiger partial charge in [0.15, 0.2) is 0 Å². The Balaban J connectivity index is 2.95. The predicted octanol–water partition coefficient (Wildman–Crippen LogP) is 3.53. The average Bonchev–Trinajstić information content (AvgIpc) is 2.65. The molecule has 0 aliphatic heterocycles. The first kappa shape index (κ1) is 14.0. The summed E-state index contributed by atoms with van der Waals surface area (Å²) in [6.45, 7) is 3.55. The average molecular weight is 253 g/mol. The van der Waals surface area contributed by atoms with Crippen molar-refractivity contribution in [1.82, 2.24) is 5.32 Å². The van der Waals surface area contributed by atoms with E-state index in [1.54, 1.807) is 13.8 Å². The van der Waals surface area contributed by atoms with E-state index in [9.17, 15) is 17.6 Å². The molecule has 1 rings (SSSR count). The Morgan fingerprint density at radius 3 is 2.41 bits per heavy atom. The fourth-order valence-corrected chi connectivity index (χ4v) is 1.45. The molecular weight excluding hydrogens is 238 g/mol. The summed E-state index contributed by atoms with van der Waals surface area (Å²) in [6, 6.07) is 0.965. The molecule has 1 heterocycles. The summed E-state index contributed by atoms with van der Waals surface area (Å²) >= 11 is 0. The minimum Gasteiger partial charge on any atom is -0.464 e. The van der Waals surface area contributed by atoms with E-state index in [1.165, 1.54) is 12.1 Å². The van der Waals surface area contributed by atoms with Gasteiger partial charge in [0.05, 0.1) is 0 Å². The molecular formula is C11H15F4NO. The monoisotopic (exact) mass is 253 g/mol. The van der Waals surface area contributed by atoms with E-state index in [0.717, 1.165) is 0 Å². The van der Waals surface area contributed by atoms with Gasteiger partial charge in [0.25, 0.3) is 0 Å². The second-order valence-corrected chi connectivity index (χ2v) is 3.81. The lowest BCUT2D eigenvalue weighted by Crippen LogP contribution is -2.42. The summed E-state index contributed by atoms with van der Waals surface area (Å²) in [6.07, 6.45) is -3.17. The molecule has 17 heavy (non-hydrogen) atoms. The van der Waals surface area contributed by atoms with Crippen LogP contribution in [0.25, 0.3) is 0 Å². The molecule has 1 unspecified atom stereocenters. The van der Waals surface area contributed by atoms with Crippen LogP contribution < -0.4 is 5.32 Å². The molecule has 0 aliphatic rings. The molecule has 6 heteroatoms. The van der Waals surface area contributed by atoms with Crippen molar-refractivity contribution < 1.29 is 22.0 Å². The third kappa shape index (κ3) is 3.21. The number of rotatable bonds is 6.